The van der Waals surface area contributed by atoms with Gasteiger partial charge in [0.25, 0.3) is 0 Å². The summed E-state index contributed by atoms with van der Waals surface area (Å²) < 4.78 is 52.0. The molecular weight excluding hydrogens is 262 g/mol. The Morgan fingerprint density at radius 2 is 2.00 bits per heavy atom. The summed E-state index contributed by atoms with van der Waals surface area (Å²) in [6, 6.07) is 2.10. The first-order chi connectivity index (χ1) is 8.32. The first-order valence-electron chi connectivity index (χ1n) is 5.53. The van der Waals surface area contributed by atoms with Crippen LogP contribution in [0.1, 0.15) is 6.92 Å². The van der Waals surface area contributed by atoms with E-state index in [-0.39, 0.29) is 25.0 Å². The van der Waals surface area contributed by atoms with Crippen molar-refractivity contribution >= 4 is 10.0 Å². The van der Waals surface area contributed by atoms with Crippen LogP contribution in [0.25, 0.3) is 0 Å². The van der Waals surface area contributed by atoms with E-state index in [1.165, 1.54) is 0 Å². The zero-order valence-electron chi connectivity index (χ0n) is 9.81. The first kappa shape index (κ1) is 13.4. The molecule has 1 aliphatic rings. The van der Waals surface area contributed by atoms with Gasteiger partial charge in [-0.05, 0) is 24.1 Å². The molecule has 0 bridgehead atoms. The molecule has 1 heterocycles. The van der Waals surface area contributed by atoms with Crippen LogP contribution in [-0.4, -0.2) is 31.9 Å². The van der Waals surface area contributed by atoms with Gasteiger partial charge in [-0.1, -0.05) is 6.92 Å². The van der Waals surface area contributed by atoms with Crippen LogP contribution in [0.15, 0.2) is 23.1 Å². The van der Waals surface area contributed by atoms with Crippen molar-refractivity contribution in [1.29, 1.82) is 0 Å². The quantitative estimate of drug-likeness (QED) is 0.874. The standard InChI is InChI=1S/C11H14F2N2O2S/c1-7-5-15(6-10(7)14)18(16,17)11-4-8(12)2-3-9(11)13/h2-4,7,10H,5-6,14H2,1H3. The van der Waals surface area contributed by atoms with Gasteiger partial charge in [-0.3, -0.25) is 0 Å². The predicted octanol–water partition coefficient (Wildman–Crippen LogP) is 0.933. The second-order valence-corrected chi connectivity index (χ2v) is 6.44. The summed E-state index contributed by atoms with van der Waals surface area (Å²) in [6.07, 6.45) is 0. The molecule has 2 atom stereocenters. The Balaban J connectivity index is 2.40. The third kappa shape index (κ3) is 2.25. The van der Waals surface area contributed by atoms with Crippen LogP contribution in [-0.2, 0) is 10.0 Å². The molecule has 2 unspecified atom stereocenters. The summed E-state index contributed by atoms with van der Waals surface area (Å²) in [7, 11) is -4.02. The lowest BCUT2D eigenvalue weighted by Gasteiger charge is -2.16. The van der Waals surface area contributed by atoms with E-state index in [0.29, 0.717) is 6.07 Å². The van der Waals surface area contributed by atoms with Gasteiger partial charge in [0.1, 0.15) is 16.5 Å². The van der Waals surface area contributed by atoms with E-state index in [2.05, 4.69) is 0 Å². The van der Waals surface area contributed by atoms with E-state index >= 15 is 0 Å². The Bertz CT molecular complexity index is 552. The maximum absolute atomic E-state index is 13.5. The first-order valence-corrected chi connectivity index (χ1v) is 6.97. The predicted molar refractivity (Wildman–Crippen MR) is 62.3 cm³/mol. The molecule has 1 aliphatic heterocycles. The number of rotatable bonds is 2. The fourth-order valence-electron chi connectivity index (χ4n) is 1.96. The second kappa shape index (κ2) is 4.56. The van der Waals surface area contributed by atoms with Crippen molar-refractivity contribution in [1.82, 2.24) is 4.31 Å². The summed E-state index contributed by atoms with van der Waals surface area (Å²) in [5.74, 6) is -1.74. The fraction of sp³-hybridized carbons (Fsp3) is 0.455. The molecule has 1 aromatic carbocycles. The Hall–Kier alpha value is -1.05. The molecule has 0 radical (unpaired) electrons. The molecule has 7 heteroatoms. The molecule has 1 fully saturated rings. The molecule has 2 N–H and O–H groups in total. The van der Waals surface area contributed by atoms with Crippen molar-refractivity contribution in [3.8, 4) is 0 Å². The minimum Gasteiger partial charge on any atom is -0.326 e. The average Bonchev–Trinajstić information content (AvgIpc) is 2.63. The maximum atomic E-state index is 13.5. The Kier molecular flexibility index (Phi) is 3.39. The van der Waals surface area contributed by atoms with Crippen molar-refractivity contribution in [2.75, 3.05) is 13.1 Å². The lowest BCUT2D eigenvalue weighted by molar-refractivity contribution is 0.456. The normalized spacial score (nSPS) is 25.6. The molecule has 4 nitrogen and oxygen atoms in total. The molecule has 1 aromatic rings. The maximum Gasteiger partial charge on any atom is 0.246 e. The summed E-state index contributed by atoms with van der Waals surface area (Å²) >= 11 is 0. The summed E-state index contributed by atoms with van der Waals surface area (Å²) in [5.41, 5.74) is 5.74. The highest BCUT2D eigenvalue weighted by atomic mass is 32.2. The molecule has 0 spiro atoms. The molecule has 0 amide bonds. The zero-order valence-corrected chi connectivity index (χ0v) is 10.6. The lowest BCUT2D eigenvalue weighted by Crippen LogP contribution is -2.32. The number of halogens is 2. The van der Waals surface area contributed by atoms with Gasteiger partial charge in [0.05, 0.1) is 0 Å². The minimum atomic E-state index is -4.02. The highest BCUT2D eigenvalue weighted by Crippen LogP contribution is 2.25. The molecule has 1 saturated heterocycles. The highest BCUT2D eigenvalue weighted by molar-refractivity contribution is 7.89. The third-order valence-electron chi connectivity index (χ3n) is 3.15. The number of hydrogen-bond acceptors (Lipinski definition) is 3. The molecule has 0 saturated carbocycles. The topological polar surface area (TPSA) is 63.4 Å². The Morgan fingerprint density at radius 3 is 2.56 bits per heavy atom. The van der Waals surface area contributed by atoms with Crippen molar-refractivity contribution in [3.05, 3.63) is 29.8 Å². The van der Waals surface area contributed by atoms with Gasteiger partial charge in [0, 0.05) is 19.1 Å². The Labute approximate surface area is 104 Å². The van der Waals surface area contributed by atoms with E-state index in [1.54, 1.807) is 0 Å². The summed E-state index contributed by atoms with van der Waals surface area (Å²) in [4.78, 5) is -0.635. The van der Waals surface area contributed by atoms with Gasteiger partial charge in [0.2, 0.25) is 10.0 Å². The van der Waals surface area contributed by atoms with Gasteiger partial charge in [-0.15, -0.1) is 0 Å². The van der Waals surface area contributed by atoms with E-state index in [1.807, 2.05) is 6.92 Å². The fourth-order valence-corrected chi connectivity index (χ4v) is 3.61. The number of nitrogens with zero attached hydrogens (tertiary/aromatic N) is 1. The Morgan fingerprint density at radius 1 is 1.33 bits per heavy atom. The molecule has 2 rings (SSSR count). The zero-order chi connectivity index (χ0) is 13.5. The number of nitrogens with two attached hydrogens (primary N) is 1. The summed E-state index contributed by atoms with van der Waals surface area (Å²) in [5, 5.41) is 0. The number of sulfonamides is 1. The van der Waals surface area contributed by atoms with Crippen LogP contribution in [0.4, 0.5) is 8.78 Å². The van der Waals surface area contributed by atoms with E-state index in [0.717, 1.165) is 16.4 Å². The number of benzene rings is 1. The molecule has 0 aliphatic carbocycles. The highest BCUT2D eigenvalue weighted by Gasteiger charge is 2.36. The van der Waals surface area contributed by atoms with Crippen molar-refractivity contribution in [2.24, 2.45) is 11.7 Å². The van der Waals surface area contributed by atoms with Crippen LogP contribution >= 0.6 is 0 Å². The van der Waals surface area contributed by atoms with Crippen LogP contribution in [0, 0.1) is 17.6 Å². The monoisotopic (exact) mass is 276 g/mol. The van der Waals surface area contributed by atoms with Crippen LogP contribution in [0.2, 0.25) is 0 Å². The van der Waals surface area contributed by atoms with Gasteiger partial charge < -0.3 is 5.73 Å². The largest absolute Gasteiger partial charge is 0.326 e. The smallest absolute Gasteiger partial charge is 0.246 e. The molecular formula is C11H14F2N2O2S. The average molecular weight is 276 g/mol. The molecule has 100 valence electrons. The second-order valence-electron chi connectivity index (χ2n) is 4.54. The lowest BCUT2D eigenvalue weighted by atomic mass is 10.1. The van der Waals surface area contributed by atoms with Gasteiger partial charge in [0.15, 0.2) is 0 Å². The van der Waals surface area contributed by atoms with Crippen molar-refractivity contribution < 1.29 is 17.2 Å². The summed E-state index contributed by atoms with van der Waals surface area (Å²) in [6.45, 7) is 2.17. The van der Waals surface area contributed by atoms with E-state index in [9.17, 15) is 17.2 Å². The van der Waals surface area contributed by atoms with Gasteiger partial charge in [-0.25, -0.2) is 17.2 Å². The van der Waals surface area contributed by atoms with Crippen LogP contribution < -0.4 is 5.73 Å². The van der Waals surface area contributed by atoms with Crippen molar-refractivity contribution in [3.63, 3.8) is 0 Å². The third-order valence-corrected chi connectivity index (χ3v) is 4.99. The molecule has 0 aromatic heterocycles. The van der Waals surface area contributed by atoms with E-state index in [4.69, 9.17) is 5.73 Å². The minimum absolute atomic E-state index is 0.00334. The van der Waals surface area contributed by atoms with E-state index < -0.39 is 26.6 Å². The number of hydrogen-bond donors (Lipinski definition) is 1. The van der Waals surface area contributed by atoms with Crippen LogP contribution in [0.3, 0.4) is 0 Å². The van der Waals surface area contributed by atoms with Crippen molar-refractivity contribution in [2.45, 2.75) is 17.9 Å². The van der Waals surface area contributed by atoms with Crippen LogP contribution in [0.5, 0.6) is 0 Å². The van der Waals surface area contributed by atoms with Gasteiger partial charge in [-0.2, -0.15) is 4.31 Å². The van der Waals surface area contributed by atoms with Gasteiger partial charge >= 0.3 is 0 Å². The molecule has 18 heavy (non-hydrogen) atoms. The SMILES string of the molecule is CC1CN(S(=O)(=O)c2cc(F)ccc2F)CC1N.